The van der Waals surface area contributed by atoms with Gasteiger partial charge in [-0.05, 0) is 48.7 Å². The molecule has 0 saturated carbocycles. The fourth-order valence-electron chi connectivity index (χ4n) is 4.24. The van der Waals surface area contributed by atoms with Crippen molar-refractivity contribution in [2.45, 2.75) is 25.9 Å². The molecule has 1 atom stereocenters. The molecule has 0 unspecified atom stereocenters. The van der Waals surface area contributed by atoms with Crippen molar-refractivity contribution < 1.29 is 19.0 Å². The second-order valence-corrected chi connectivity index (χ2v) is 8.61. The highest BCUT2D eigenvalue weighted by Gasteiger charge is 2.23. The van der Waals surface area contributed by atoms with Crippen LogP contribution in [-0.2, 0) is 13.0 Å². The molecule has 5 rings (SSSR count). The smallest absolute Gasteiger partial charge is 0.260 e. The zero-order valence-corrected chi connectivity index (χ0v) is 20.3. The lowest BCUT2D eigenvalue weighted by molar-refractivity contribution is 0.102. The summed E-state index contributed by atoms with van der Waals surface area (Å²) < 4.78 is 20.3. The van der Waals surface area contributed by atoms with Crippen molar-refractivity contribution in [3.05, 3.63) is 71.7 Å². The molecule has 1 aliphatic heterocycles. The highest BCUT2D eigenvalue weighted by Crippen LogP contribution is 2.30. The van der Waals surface area contributed by atoms with Gasteiger partial charge in [-0.3, -0.25) is 4.79 Å². The Morgan fingerprint density at radius 3 is 2.84 bits per heavy atom. The minimum absolute atomic E-state index is 0.101. The van der Waals surface area contributed by atoms with Crippen LogP contribution in [0.15, 0.2) is 49.1 Å². The van der Waals surface area contributed by atoms with Crippen molar-refractivity contribution in [3.63, 3.8) is 0 Å². The van der Waals surface area contributed by atoms with Gasteiger partial charge in [0.05, 0.1) is 37.7 Å². The molecule has 2 N–H and O–H groups in total. The average Bonchev–Trinajstić information content (AvgIpc) is 3.42. The number of fused-ring (bicyclic) bond motifs is 1. The van der Waals surface area contributed by atoms with Crippen LogP contribution in [-0.4, -0.2) is 61.0 Å². The fraction of sp³-hybridized carbons (Fsp3) is 0.280. The largest absolute Gasteiger partial charge is 0.496 e. The number of carbonyl (C=O) groups is 1. The van der Waals surface area contributed by atoms with Crippen LogP contribution in [0.5, 0.6) is 5.75 Å². The molecule has 12 heteroatoms. The van der Waals surface area contributed by atoms with E-state index in [4.69, 9.17) is 4.74 Å². The van der Waals surface area contributed by atoms with Crippen LogP contribution in [0.2, 0.25) is 0 Å². The zero-order valence-electron chi connectivity index (χ0n) is 20.3. The fourth-order valence-corrected chi connectivity index (χ4v) is 4.24. The Balaban J connectivity index is 1.39. The summed E-state index contributed by atoms with van der Waals surface area (Å²) in [5.74, 6) is 0.820. The summed E-state index contributed by atoms with van der Waals surface area (Å²) in [6.45, 7) is 2.89. The second-order valence-electron chi connectivity index (χ2n) is 8.61. The molecule has 0 aliphatic carbocycles. The SMILES string of the molecule is COc1cc2c(cc1C(=O)Nc1cccc(-c3ncnn3[C@H](C)CO)n1)CN(c1cnc(F)cn1)CC2. The lowest BCUT2D eigenvalue weighted by atomic mass is 9.96. The van der Waals surface area contributed by atoms with Crippen molar-refractivity contribution in [2.24, 2.45) is 0 Å². The quantitative estimate of drug-likeness (QED) is 0.390. The summed E-state index contributed by atoms with van der Waals surface area (Å²) in [7, 11) is 1.52. The first kappa shape index (κ1) is 24.3. The molecule has 1 amide bonds. The number of pyridine rings is 1. The maximum atomic E-state index is 13.3. The third-order valence-electron chi connectivity index (χ3n) is 6.18. The van der Waals surface area contributed by atoms with Crippen LogP contribution >= 0.6 is 0 Å². The van der Waals surface area contributed by atoms with E-state index in [1.165, 1.54) is 19.6 Å². The van der Waals surface area contributed by atoms with Crippen molar-refractivity contribution in [2.75, 3.05) is 30.5 Å². The van der Waals surface area contributed by atoms with Gasteiger partial charge in [0.25, 0.3) is 5.91 Å². The molecule has 1 aromatic carbocycles. The summed E-state index contributed by atoms with van der Waals surface area (Å²) in [5.41, 5.74) is 2.87. The highest BCUT2D eigenvalue weighted by atomic mass is 19.1. The van der Waals surface area contributed by atoms with E-state index >= 15 is 0 Å². The number of benzene rings is 1. The van der Waals surface area contributed by atoms with Crippen molar-refractivity contribution >= 4 is 17.5 Å². The van der Waals surface area contributed by atoms with E-state index in [1.807, 2.05) is 17.9 Å². The molecule has 0 bridgehead atoms. The van der Waals surface area contributed by atoms with E-state index in [9.17, 15) is 14.3 Å². The summed E-state index contributed by atoms with van der Waals surface area (Å²) >= 11 is 0. The first-order valence-electron chi connectivity index (χ1n) is 11.7. The Bertz CT molecular complexity index is 1430. The number of aliphatic hydroxyl groups is 1. The number of amides is 1. The third kappa shape index (κ3) is 4.96. The number of hydrogen-bond donors (Lipinski definition) is 2. The van der Waals surface area contributed by atoms with Gasteiger partial charge in [-0.15, -0.1) is 0 Å². The maximum Gasteiger partial charge on any atom is 0.260 e. The molecule has 0 saturated heterocycles. The molecule has 3 aromatic heterocycles. The minimum atomic E-state index is -0.634. The van der Waals surface area contributed by atoms with E-state index in [1.54, 1.807) is 28.9 Å². The van der Waals surface area contributed by atoms with Gasteiger partial charge in [0.15, 0.2) is 5.82 Å². The van der Waals surface area contributed by atoms with E-state index < -0.39 is 5.95 Å². The average molecular weight is 505 g/mol. The monoisotopic (exact) mass is 504 g/mol. The summed E-state index contributed by atoms with van der Waals surface area (Å²) in [5, 5.41) is 16.5. The third-order valence-corrected chi connectivity index (χ3v) is 6.18. The molecule has 190 valence electrons. The number of rotatable bonds is 7. The number of methoxy groups -OCH3 is 1. The standard InChI is InChI=1S/C25H25FN8O3/c1-15(13-35)34-24(29-14-30-34)19-4-3-5-22(31-19)32-25(36)18-8-17-12-33(23-11-27-21(26)10-28-23)7-6-16(17)9-20(18)37-2/h3-5,8-11,14-15,35H,6-7,12-13H2,1-2H3,(H,31,32,36)/t15-/m1/s1. The Labute approximate surface area is 212 Å². The normalized spacial score (nSPS) is 13.7. The van der Waals surface area contributed by atoms with E-state index in [0.717, 1.165) is 17.3 Å². The lowest BCUT2D eigenvalue weighted by Gasteiger charge is -2.30. The molecule has 1 aliphatic rings. The van der Waals surface area contributed by atoms with E-state index in [2.05, 4.69) is 30.4 Å². The molecular weight excluding hydrogens is 479 g/mol. The van der Waals surface area contributed by atoms with Crippen LogP contribution in [0.3, 0.4) is 0 Å². The van der Waals surface area contributed by atoms with Gasteiger partial charge in [0.2, 0.25) is 5.95 Å². The maximum absolute atomic E-state index is 13.3. The number of nitrogens with zero attached hydrogens (tertiary/aromatic N) is 7. The molecule has 4 heterocycles. The molecular formula is C25H25FN8O3. The summed E-state index contributed by atoms with van der Waals surface area (Å²) in [6.07, 6.45) is 4.60. The second kappa shape index (κ2) is 10.3. The van der Waals surface area contributed by atoms with Crippen molar-refractivity contribution in [1.82, 2.24) is 29.7 Å². The molecule has 0 spiro atoms. The Morgan fingerprint density at radius 2 is 2.08 bits per heavy atom. The molecule has 4 aromatic rings. The summed E-state index contributed by atoms with van der Waals surface area (Å²) in [6, 6.07) is 8.59. The first-order chi connectivity index (χ1) is 18.0. The van der Waals surface area contributed by atoms with Crippen LogP contribution in [0, 0.1) is 5.95 Å². The predicted molar refractivity (Wildman–Crippen MR) is 133 cm³/mol. The van der Waals surface area contributed by atoms with Gasteiger partial charge >= 0.3 is 0 Å². The minimum Gasteiger partial charge on any atom is -0.496 e. The van der Waals surface area contributed by atoms with Gasteiger partial charge in [-0.2, -0.15) is 9.49 Å². The lowest BCUT2D eigenvalue weighted by Crippen LogP contribution is -2.31. The van der Waals surface area contributed by atoms with Gasteiger partial charge in [-0.1, -0.05) is 6.07 Å². The van der Waals surface area contributed by atoms with Crippen LogP contribution in [0.4, 0.5) is 16.0 Å². The van der Waals surface area contributed by atoms with Crippen LogP contribution < -0.4 is 15.0 Å². The summed E-state index contributed by atoms with van der Waals surface area (Å²) in [4.78, 5) is 31.9. The topological polar surface area (TPSA) is 131 Å². The number of aliphatic hydroxyl groups excluding tert-OH is 1. The van der Waals surface area contributed by atoms with Crippen molar-refractivity contribution in [3.8, 4) is 17.3 Å². The first-order valence-corrected chi connectivity index (χ1v) is 11.7. The number of anilines is 2. The number of ether oxygens (including phenoxy) is 1. The van der Waals surface area contributed by atoms with Crippen molar-refractivity contribution in [1.29, 1.82) is 0 Å². The van der Waals surface area contributed by atoms with E-state index in [-0.39, 0.29) is 18.6 Å². The van der Waals surface area contributed by atoms with Gasteiger partial charge in [0, 0.05) is 13.1 Å². The van der Waals surface area contributed by atoms with E-state index in [0.29, 0.717) is 54.0 Å². The number of halogens is 1. The zero-order chi connectivity index (χ0) is 25.9. The Hall–Kier alpha value is -4.45. The van der Waals surface area contributed by atoms with Gasteiger partial charge in [0.1, 0.15) is 29.4 Å². The molecule has 11 nitrogen and oxygen atoms in total. The number of hydrogen-bond acceptors (Lipinski definition) is 9. The predicted octanol–water partition coefficient (Wildman–Crippen LogP) is 2.65. The number of aromatic nitrogens is 6. The Morgan fingerprint density at radius 1 is 1.22 bits per heavy atom. The van der Waals surface area contributed by atoms with Gasteiger partial charge in [-0.25, -0.2) is 24.6 Å². The Kier molecular flexibility index (Phi) is 6.73. The van der Waals surface area contributed by atoms with Crippen LogP contribution in [0.25, 0.3) is 11.5 Å². The molecule has 37 heavy (non-hydrogen) atoms. The highest BCUT2D eigenvalue weighted by molar-refractivity contribution is 6.06. The number of carbonyl (C=O) groups excluding carboxylic acids is 1. The van der Waals surface area contributed by atoms with Crippen LogP contribution in [0.1, 0.15) is 34.5 Å². The van der Waals surface area contributed by atoms with Gasteiger partial charge < -0.3 is 20.1 Å². The number of nitrogens with one attached hydrogen (secondary N) is 1. The molecule has 0 fully saturated rings. The molecule has 0 radical (unpaired) electrons.